The summed E-state index contributed by atoms with van der Waals surface area (Å²) >= 11 is 1.41. The summed E-state index contributed by atoms with van der Waals surface area (Å²) in [6.07, 6.45) is 0.857. The number of aromatic nitrogens is 2. The molecule has 0 amide bonds. The van der Waals surface area contributed by atoms with E-state index in [4.69, 9.17) is 11.1 Å². The van der Waals surface area contributed by atoms with Crippen molar-refractivity contribution in [2.24, 2.45) is 11.7 Å². The van der Waals surface area contributed by atoms with Crippen molar-refractivity contribution in [3.63, 3.8) is 0 Å². The van der Waals surface area contributed by atoms with Crippen LogP contribution in [0.3, 0.4) is 0 Å². The van der Waals surface area contributed by atoms with Gasteiger partial charge in [0.1, 0.15) is 5.82 Å². The van der Waals surface area contributed by atoms with Gasteiger partial charge in [0.15, 0.2) is 0 Å². The summed E-state index contributed by atoms with van der Waals surface area (Å²) in [5, 5.41) is 8.31. The van der Waals surface area contributed by atoms with Crippen molar-refractivity contribution in [3.8, 4) is 0 Å². The average molecular weight is 241 g/mol. The van der Waals surface area contributed by atoms with Gasteiger partial charge >= 0.3 is 0 Å². The highest BCUT2D eigenvalue weighted by atomic mass is 32.1. The summed E-state index contributed by atoms with van der Waals surface area (Å²) in [4.78, 5) is 6.55. The van der Waals surface area contributed by atoms with Crippen LogP contribution in [0.15, 0.2) is 0 Å². The fraction of sp³-hybridized carbons (Fsp3) is 0.700. The molecule has 3 N–H and O–H groups in total. The molecular formula is C10H19N5S. The van der Waals surface area contributed by atoms with Crippen LogP contribution in [0, 0.1) is 11.3 Å². The molecular weight excluding hydrogens is 222 g/mol. The Hall–Kier alpha value is -1.17. The van der Waals surface area contributed by atoms with Gasteiger partial charge in [0, 0.05) is 37.0 Å². The lowest BCUT2D eigenvalue weighted by molar-refractivity contribution is 0.694. The summed E-state index contributed by atoms with van der Waals surface area (Å²) in [6, 6.07) is 0. The van der Waals surface area contributed by atoms with Crippen LogP contribution in [-0.2, 0) is 6.42 Å². The Labute approximate surface area is 100 Å². The number of amidine groups is 1. The van der Waals surface area contributed by atoms with Crippen molar-refractivity contribution in [3.05, 3.63) is 5.82 Å². The minimum atomic E-state index is 0.0499. The molecule has 0 radical (unpaired) electrons. The quantitative estimate of drug-likeness (QED) is 0.584. The van der Waals surface area contributed by atoms with Gasteiger partial charge in [-0.1, -0.05) is 13.8 Å². The van der Waals surface area contributed by atoms with Crippen LogP contribution in [0.4, 0.5) is 5.13 Å². The molecule has 90 valence electrons. The second-order valence-electron chi connectivity index (χ2n) is 3.74. The highest BCUT2D eigenvalue weighted by Gasteiger charge is 2.15. The largest absolute Gasteiger partial charge is 0.387 e. The maximum atomic E-state index is 7.39. The molecule has 0 bridgehead atoms. The van der Waals surface area contributed by atoms with Crippen molar-refractivity contribution < 1.29 is 0 Å². The minimum Gasteiger partial charge on any atom is -0.387 e. The first-order chi connectivity index (χ1) is 7.58. The molecule has 1 unspecified atom stereocenters. The van der Waals surface area contributed by atoms with Crippen LogP contribution in [0.5, 0.6) is 0 Å². The third-order valence-corrected chi connectivity index (χ3v) is 3.27. The lowest BCUT2D eigenvalue weighted by atomic mass is 10.1. The third kappa shape index (κ3) is 3.16. The zero-order valence-corrected chi connectivity index (χ0v) is 10.8. The van der Waals surface area contributed by atoms with Crippen molar-refractivity contribution in [1.82, 2.24) is 9.36 Å². The maximum Gasteiger partial charge on any atom is 0.205 e. The summed E-state index contributed by atoms with van der Waals surface area (Å²) in [7, 11) is 0. The number of nitrogens with one attached hydrogen (secondary N) is 1. The van der Waals surface area contributed by atoms with Gasteiger partial charge in [0.05, 0.1) is 5.84 Å². The van der Waals surface area contributed by atoms with Gasteiger partial charge in [-0.25, -0.2) is 4.98 Å². The van der Waals surface area contributed by atoms with E-state index in [1.54, 1.807) is 0 Å². The van der Waals surface area contributed by atoms with Crippen molar-refractivity contribution in [1.29, 1.82) is 5.41 Å². The lowest BCUT2D eigenvalue weighted by Gasteiger charge is -2.22. The summed E-state index contributed by atoms with van der Waals surface area (Å²) in [5.74, 6) is 1.15. The molecule has 0 aliphatic carbocycles. The van der Waals surface area contributed by atoms with Crippen LogP contribution in [0.25, 0.3) is 0 Å². The zero-order chi connectivity index (χ0) is 12.1. The molecule has 0 saturated heterocycles. The molecule has 0 spiro atoms. The van der Waals surface area contributed by atoms with E-state index in [0.29, 0.717) is 0 Å². The molecule has 0 aromatic carbocycles. The predicted molar refractivity (Wildman–Crippen MR) is 68.3 cm³/mol. The second-order valence-corrected chi connectivity index (χ2v) is 4.47. The van der Waals surface area contributed by atoms with Gasteiger partial charge in [-0.3, -0.25) is 5.41 Å². The minimum absolute atomic E-state index is 0.0499. The highest BCUT2D eigenvalue weighted by molar-refractivity contribution is 7.09. The van der Waals surface area contributed by atoms with Gasteiger partial charge in [-0.05, 0) is 6.92 Å². The Morgan fingerprint density at radius 2 is 2.25 bits per heavy atom. The van der Waals surface area contributed by atoms with E-state index in [9.17, 15) is 0 Å². The molecule has 1 atom stereocenters. The smallest absolute Gasteiger partial charge is 0.205 e. The Kier molecular flexibility index (Phi) is 4.67. The first-order valence-electron chi connectivity index (χ1n) is 5.49. The average Bonchev–Trinajstić information content (AvgIpc) is 2.73. The summed E-state index contributed by atoms with van der Waals surface area (Å²) < 4.78 is 4.26. The number of aryl methyl sites for hydroxylation is 1. The van der Waals surface area contributed by atoms with Gasteiger partial charge in [-0.2, -0.15) is 4.37 Å². The van der Waals surface area contributed by atoms with Crippen LogP contribution in [0.1, 0.15) is 26.6 Å². The molecule has 16 heavy (non-hydrogen) atoms. The second kappa shape index (κ2) is 5.79. The number of rotatable bonds is 6. The van der Waals surface area contributed by atoms with E-state index in [-0.39, 0.29) is 11.8 Å². The first kappa shape index (κ1) is 12.9. The van der Waals surface area contributed by atoms with Gasteiger partial charge in [0.25, 0.3) is 0 Å². The number of nitrogens with zero attached hydrogens (tertiary/aromatic N) is 3. The number of hydrogen-bond acceptors (Lipinski definition) is 5. The molecule has 1 rings (SSSR count). The highest BCUT2D eigenvalue weighted by Crippen LogP contribution is 2.18. The van der Waals surface area contributed by atoms with E-state index in [1.807, 2.05) is 13.8 Å². The van der Waals surface area contributed by atoms with E-state index < -0.39 is 0 Å². The summed E-state index contributed by atoms with van der Waals surface area (Å²) in [6.45, 7) is 7.65. The first-order valence-corrected chi connectivity index (χ1v) is 6.27. The van der Waals surface area contributed by atoms with Gasteiger partial charge in [-0.15, -0.1) is 0 Å². The number of hydrogen-bond donors (Lipinski definition) is 2. The normalized spacial score (nSPS) is 12.4. The predicted octanol–water partition coefficient (Wildman–Crippen LogP) is 1.50. The molecule has 5 nitrogen and oxygen atoms in total. The van der Waals surface area contributed by atoms with Gasteiger partial charge in [0.2, 0.25) is 5.13 Å². The van der Waals surface area contributed by atoms with Crippen molar-refractivity contribution >= 4 is 22.5 Å². The monoisotopic (exact) mass is 241 g/mol. The topological polar surface area (TPSA) is 78.9 Å². The molecule has 0 aliphatic heterocycles. The molecule has 6 heteroatoms. The van der Waals surface area contributed by atoms with E-state index in [1.165, 1.54) is 11.5 Å². The molecule has 0 aliphatic rings. The van der Waals surface area contributed by atoms with Crippen molar-refractivity contribution in [2.75, 3.05) is 18.0 Å². The Balaban J connectivity index is 2.70. The zero-order valence-electron chi connectivity index (χ0n) is 10.0. The van der Waals surface area contributed by atoms with E-state index >= 15 is 0 Å². The molecule has 1 aromatic rings. The molecule has 1 aromatic heterocycles. The van der Waals surface area contributed by atoms with Crippen molar-refractivity contribution in [2.45, 2.75) is 27.2 Å². The molecule has 1 heterocycles. The Morgan fingerprint density at radius 1 is 1.56 bits per heavy atom. The Morgan fingerprint density at radius 3 is 2.69 bits per heavy atom. The SMILES string of the molecule is CCc1nsc(N(CC)CC(C)C(=N)N)n1. The van der Waals surface area contributed by atoms with E-state index in [2.05, 4.69) is 21.2 Å². The van der Waals surface area contributed by atoms with Crippen LogP contribution < -0.4 is 10.6 Å². The maximum absolute atomic E-state index is 7.39. The number of nitrogens with two attached hydrogens (primary N) is 1. The molecule has 0 fully saturated rings. The van der Waals surface area contributed by atoms with E-state index in [0.717, 1.165) is 30.5 Å². The number of anilines is 1. The van der Waals surface area contributed by atoms with Crippen LogP contribution >= 0.6 is 11.5 Å². The lowest BCUT2D eigenvalue weighted by Crippen LogP contribution is -2.34. The van der Waals surface area contributed by atoms with Gasteiger partial charge < -0.3 is 10.6 Å². The van der Waals surface area contributed by atoms with Crippen LogP contribution in [-0.4, -0.2) is 28.3 Å². The fourth-order valence-electron chi connectivity index (χ4n) is 1.29. The van der Waals surface area contributed by atoms with Crippen LogP contribution in [0.2, 0.25) is 0 Å². The fourth-order valence-corrected chi connectivity index (χ4v) is 2.11. The standard InChI is InChI=1S/C10H19N5S/c1-4-8-13-10(16-14-8)15(5-2)6-7(3)9(11)12/h7H,4-6H2,1-3H3,(H3,11,12). The summed E-state index contributed by atoms with van der Waals surface area (Å²) in [5.41, 5.74) is 5.47. The third-order valence-electron chi connectivity index (χ3n) is 2.45. The molecule has 0 saturated carbocycles. The Bertz CT molecular complexity index is 349.